The van der Waals surface area contributed by atoms with Crippen LogP contribution in [0.1, 0.15) is 18.4 Å². The summed E-state index contributed by atoms with van der Waals surface area (Å²) in [4.78, 5) is 23.1. The van der Waals surface area contributed by atoms with Crippen LogP contribution in [0.25, 0.3) is 21.3 Å². The second-order valence-electron chi connectivity index (χ2n) is 6.61. The number of carbonyl (C=O) groups is 1. The van der Waals surface area contributed by atoms with Gasteiger partial charge in [0.2, 0.25) is 5.28 Å². The molecule has 1 fully saturated rings. The Labute approximate surface area is 160 Å². The normalized spacial score (nSPS) is 15.5. The van der Waals surface area contributed by atoms with Crippen molar-refractivity contribution in [1.82, 2.24) is 9.97 Å². The van der Waals surface area contributed by atoms with Crippen LogP contribution >= 0.6 is 22.9 Å². The van der Waals surface area contributed by atoms with Gasteiger partial charge in [-0.25, -0.2) is 4.98 Å². The number of aryl methyl sites for hydroxylation is 1. The van der Waals surface area contributed by atoms with Gasteiger partial charge in [-0.1, -0.05) is 29.8 Å². The number of hydrogen-bond acceptors (Lipinski definition) is 5. The molecule has 7 heteroatoms. The third kappa shape index (κ3) is 3.15. The average Bonchev–Trinajstić information content (AvgIpc) is 3.05. The number of thiophene rings is 1. The van der Waals surface area contributed by atoms with Gasteiger partial charge in [-0.15, -0.1) is 11.3 Å². The largest absolute Gasteiger partial charge is 0.481 e. The lowest BCUT2D eigenvalue weighted by atomic mass is 9.96. The lowest BCUT2D eigenvalue weighted by Gasteiger charge is -2.31. The Morgan fingerprint density at radius 1 is 1.23 bits per heavy atom. The number of aliphatic carboxylic acids is 1. The van der Waals surface area contributed by atoms with Crippen LogP contribution in [0.2, 0.25) is 5.28 Å². The summed E-state index contributed by atoms with van der Waals surface area (Å²) in [5.41, 5.74) is 3.43. The summed E-state index contributed by atoms with van der Waals surface area (Å²) >= 11 is 7.72. The second kappa shape index (κ2) is 6.85. The molecule has 26 heavy (non-hydrogen) atoms. The average molecular weight is 388 g/mol. The molecule has 5 nitrogen and oxygen atoms in total. The Morgan fingerprint density at radius 2 is 1.92 bits per heavy atom. The molecule has 1 aliphatic heterocycles. The predicted octanol–water partition coefficient (Wildman–Crippen LogP) is 4.62. The molecule has 1 aromatic carbocycles. The molecule has 0 unspecified atom stereocenters. The molecule has 134 valence electrons. The van der Waals surface area contributed by atoms with E-state index in [1.165, 1.54) is 5.56 Å². The highest BCUT2D eigenvalue weighted by atomic mass is 35.5. The van der Waals surface area contributed by atoms with E-state index < -0.39 is 5.97 Å². The maximum Gasteiger partial charge on any atom is 0.306 e. The third-order valence-corrected chi connectivity index (χ3v) is 5.93. The van der Waals surface area contributed by atoms with Crippen molar-refractivity contribution in [3.8, 4) is 11.1 Å². The van der Waals surface area contributed by atoms with Gasteiger partial charge in [-0.05, 0) is 36.9 Å². The smallest absolute Gasteiger partial charge is 0.306 e. The second-order valence-corrected chi connectivity index (χ2v) is 7.81. The summed E-state index contributed by atoms with van der Waals surface area (Å²) in [5, 5.41) is 12.5. The first-order chi connectivity index (χ1) is 12.5. The molecule has 0 spiro atoms. The molecule has 4 rings (SSSR count). The van der Waals surface area contributed by atoms with Crippen LogP contribution in [0, 0.1) is 12.8 Å². The predicted molar refractivity (Wildman–Crippen MR) is 105 cm³/mol. The zero-order valence-electron chi connectivity index (χ0n) is 14.3. The first kappa shape index (κ1) is 17.2. The summed E-state index contributed by atoms with van der Waals surface area (Å²) in [6.07, 6.45) is 1.23. The van der Waals surface area contributed by atoms with Gasteiger partial charge in [0.25, 0.3) is 0 Å². The van der Waals surface area contributed by atoms with Gasteiger partial charge in [0.05, 0.1) is 11.3 Å². The Hall–Kier alpha value is -2.18. The number of piperidine rings is 1. The first-order valence-electron chi connectivity index (χ1n) is 8.52. The molecule has 0 radical (unpaired) electrons. The minimum atomic E-state index is -0.716. The van der Waals surface area contributed by atoms with Crippen molar-refractivity contribution in [1.29, 1.82) is 0 Å². The van der Waals surface area contributed by atoms with Gasteiger partial charge < -0.3 is 10.0 Å². The van der Waals surface area contributed by atoms with Crippen LogP contribution in [0.15, 0.2) is 29.6 Å². The van der Waals surface area contributed by atoms with Crippen LogP contribution < -0.4 is 4.90 Å². The van der Waals surface area contributed by atoms with Crippen LogP contribution in [0.4, 0.5) is 5.82 Å². The van der Waals surface area contributed by atoms with Gasteiger partial charge >= 0.3 is 5.97 Å². The summed E-state index contributed by atoms with van der Waals surface area (Å²) in [7, 11) is 0. The summed E-state index contributed by atoms with van der Waals surface area (Å²) in [6, 6.07) is 8.39. The molecule has 0 bridgehead atoms. The topological polar surface area (TPSA) is 66.3 Å². The molecule has 0 atom stereocenters. The zero-order valence-corrected chi connectivity index (χ0v) is 15.8. The monoisotopic (exact) mass is 387 g/mol. The first-order valence-corrected chi connectivity index (χ1v) is 9.78. The number of carboxylic acid groups (broad SMARTS) is 1. The van der Waals surface area contributed by atoms with Crippen molar-refractivity contribution in [2.45, 2.75) is 19.8 Å². The van der Waals surface area contributed by atoms with E-state index in [0.717, 1.165) is 27.2 Å². The highest BCUT2D eigenvalue weighted by Gasteiger charge is 2.27. The lowest BCUT2D eigenvalue weighted by Crippen LogP contribution is -2.37. The fourth-order valence-corrected chi connectivity index (χ4v) is 4.57. The van der Waals surface area contributed by atoms with Gasteiger partial charge in [0.15, 0.2) is 0 Å². The lowest BCUT2D eigenvalue weighted by molar-refractivity contribution is -0.142. The number of carboxylic acids is 1. The Balaban J connectivity index is 1.78. The standard InChI is InChI=1S/C19H18ClN3O2S/c1-11-2-4-12(5-3-11)14-10-26-17-15(14)16(21-19(20)22-17)23-8-6-13(7-9-23)18(24)25/h2-5,10,13H,6-9H2,1H3,(H,24,25). The van der Waals surface area contributed by atoms with E-state index in [2.05, 4.69) is 51.4 Å². The molecular formula is C19H18ClN3O2S. The highest BCUT2D eigenvalue weighted by Crippen LogP contribution is 2.39. The van der Waals surface area contributed by atoms with E-state index in [1.807, 2.05) is 0 Å². The summed E-state index contributed by atoms with van der Waals surface area (Å²) in [6.45, 7) is 3.38. The number of benzene rings is 1. The third-order valence-electron chi connectivity index (χ3n) is 4.89. The van der Waals surface area contributed by atoms with Crippen molar-refractivity contribution in [2.75, 3.05) is 18.0 Å². The number of anilines is 1. The maximum atomic E-state index is 11.2. The van der Waals surface area contributed by atoms with Crippen molar-refractivity contribution in [3.05, 3.63) is 40.5 Å². The van der Waals surface area contributed by atoms with E-state index in [9.17, 15) is 9.90 Å². The van der Waals surface area contributed by atoms with Gasteiger partial charge in [0, 0.05) is 24.0 Å². The highest BCUT2D eigenvalue weighted by molar-refractivity contribution is 7.17. The van der Waals surface area contributed by atoms with Crippen molar-refractivity contribution < 1.29 is 9.90 Å². The quantitative estimate of drug-likeness (QED) is 0.664. The number of aromatic nitrogens is 2. The van der Waals surface area contributed by atoms with E-state index in [1.54, 1.807) is 11.3 Å². The molecule has 1 N–H and O–H groups in total. The van der Waals surface area contributed by atoms with Crippen LogP contribution in [-0.4, -0.2) is 34.1 Å². The minimum absolute atomic E-state index is 0.227. The van der Waals surface area contributed by atoms with E-state index >= 15 is 0 Å². The molecule has 2 aromatic heterocycles. The molecule has 0 amide bonds. The SMILES string of the molecule is Cc1ccc(-c2csc3nc(Cl)nc(N4CCC(C(=O)O)CC4)c23)cc1. The molecule has 0 aliphatic carbocycles. The molecule has 3 heterocycles. The number of halogens is 1. The fraction of sp³-hybridized carbons (Fsp3) is 0.316. The molecule has 0 saturated carbocycles. The van der Waals surface area contributed by atoms with E-state index in [4.69, 9.17) is 11.6 Å². The van der Waals surface area contributed by atoms with Gasteiger partial charge in [-0.2, -0.15) is 4.98 Å². The van der Waals surface area contributed by atoms with Crippen molar-refractivity contribution in [3.63, 3.8) is 0 Å². The van der Waals surface area contributed by atoms with Crippen molar-refractivity contribution in [2.24, 2.45) is 5.92 Å². The van der Waals surface area contributed by atoms with Crippen molar-refractivity contribution >= 4 is 44.9 Å². The summed E-state index contributed by atoms with van der Waals surface area (Å²) in [5.74, 6) is -0.190. The maximum absolute atomic E-state index is 11.2. The van der Waals surface area contributed by atoms with E-state index in [-0.39, 0.29) is 11.2 Å². The van der Waals surface area contributed by atoms with Crippen LogP contribution in [0.3, 0.4) is 0 Å². The Kier molecular flexibility index (Phi) is 4.54. The van der Waals surface area contributed by atoms with E-state index in [0.29, 0.717) is 25.9 Å². The fourth-order valence-electron chi connectivity index (χ4n) is 3.41. The Morgan fingerprint density at radius 3 is 2.58 bits per heavy atom. The number of hydrogen-bond donors (Lipinski definition) is 1. The molecule has 1 aliphatic rings. The van der Waals surface area contributed by atoms with Crippen LogP contribution in [0.5, 0.6) is 0 Å². The Bertz CT molecular complexity index is 963. The molecule has 3 aromatic rings. The number of nitrogens with zero attached hydrogens (tertiary/aromatic N) is 3. The van der Waals surface area contributed by atoms with Crippen LogP contribution in [-0.2, 0) is 4.79 Å². The number of fused-ring (bicyclic) bond motifs is 1. The zero-order chi connectivity index (χ0) is 18.3. The number of rotatable bonds is 3. The van der Waals surface area contributed by atoms with Gasteiger partial charge in [-0.3, -0.25) is 4.79 Å². The molecule has 1 saturated heterocycles. The minimum Gasteiger partial charge on any atom is -0.481 e. The van der Waals surface area contributed by atoms with Gasteiger partial charge in [0.1, 0.15) is 10.6 Å². The molecular weight excluding hydrogens is 370 g/mol. The summed E-state index contributed by atoms with van der Waals surface area (Å²) < 4.78 is 0.